The van der Waals surface area contributed by atoms with Gasteiger partial charge >= 0.3 is 0 Å². The lowest BCUT2D eigenvalue weighted by Crippen LogP contribution is -2.07. The molecule has 0 fully saturated rings. The number of hydrogen-bond donors (Lipinski definition) is 0. The summed E-state index contributed by atoms with van der Waals surface area (Å²) >= 11 is 0. The van der Waals surface area contributed by atoms with E-state index in [4.69, 9.17) is 0 Å². The zero-order valence-corrected chi connectivity index (χ0v) is 16.7. The van der Waals surface area contributed by atoms with Crippen molar-refractivity contribution < 1.29 is 27.1 Å². The van der Waals surface area contributed by atoms with Crippen molar-refractivity contribution in [1.29, 1.82) is 0 Å². The van der Waals surface area contributed by atoms with E-state index in [-0.39, 0.29) is 10.9 Å². The summed E-state index contributed by atoms with van der Waals surface area (Å²) in [6.45, 7) is 0. The number of halogens is 5. The Bertz CT molecular complexity index is 940. The molecule has 4 rings (SSSR count). The van der Waals surface area contributed by atoms with Gasteiger partial charge in [-0.05, 0) is 42.1 Å². The lowest BCUT2D eigenvalue weighted by atomic mass is 10.3. The first-order valence-electron chi connectivity index (χ1n) is 8.99. The highest BCUT2D eigenvalue weighted by Gasteiger charge is 2.27. The van der Waals surface area contributed by atoms with Crippen LogP contribution in [0.2, 0.25) is 0 Å². The van der Waals surface area contributed by atoms with Crippen molar-refractivity contribution in [2.75, 3.05) is 0 Å². The normalized spacial score (nSPS) is 10.5. The molecule has 0 unspecified atom stereocenters. The van der Waals surface area contributed by atoms with Crippen LogP contribution in [-0.2, 0) is 10.9 Å². The highest BCUT2D eigenvalue weighted by molar-refractivity contribution is 7.97. The van der Waals surface area contributed by atoms with Crippen molar-refractivity contribution in [3.8, 4) is 5.75 Å². The highest BCUT2D eigenvalue weighted by Crippen LogP contribution is 2.30. The van der Waals surface area contributed by atoms with Gasteiger partial charge in [0.25, 0.3) is 0 Å². The molecule has 4 aromatic carbocycles. The summed E-state index contributed by atoms with van der Waals surface area (Å²) in [6, 6.07) is 32.2. The molecular weight excluding hydrogens is 431 g/mol. The SMILES string of the molecule is [O-]c1c(F)c(F)c(F)c(F)c1F.c1ccc([S+](c2ccccc2)c2ccccc2)cc1. The number of hydrogen-bond acceptors (Lipinski definition) is 1. The smallest absolute Gasteiger partial charge is 0.200 e. The zero-order chi connectivity index (χ0) is 22.4. The molecule has 0 saturated heterocycles. The first kappa shape index (κ1) is 22.4. The molecule has 0 bridgehead atoms. The summed E-state index contributed by atoms with van der Waals surface area (Å²) in [4.78, 5) is 4.08. The van der Waals surface area contributed by atoms with Crippen molar-refractivity contribution >= 4 is 10.9 Å². The first-order chi connectivity index (χ1) is 14.9. The molecule has 0 amide bonds. The molecule has 0 heterocycles. The predicted molar refractivity (Wildman–Crippen MR) is 107 cm³/mol. The fraction of sp³-hybridized carbons (Fsp3) is 0. The van der Waals surface area contributed by atoms with Crippen LogP contribution in [0, 0.1) is 29.1 Å². The summed E-state index contributed by atoms with van der Waals surface area (Å²) in [7, 11) is -0.0146. The van der Waals surface area contributed by atoms with Crippen molar-refractivity contribution in [1.82, 2.24) is 0 Å². The quantitative estimate of drug-likeness (QED) is 0.158. The van der Waals surface area contributed by atoms with Crippen LogP contribution in [-0.4, -0.2) is 0 Å². The third kappa shape index (κ3) is 5.06. The molecule has 31 heavy (non-hydrogen) atoms. The van der Waals surface area contributed by atoms with Crippen molar-refractivity contribution in [3.05, 3.63) is 120 Å². The Kier molecular flexibility index (Phi) is 7.31. The number of rotatable bonds is 3. The molecule has 0 aliphatic heterocycles. The predicted octanol–water partition coefficient (Wildman–Crippen LogP) is 6.24. The molecule has 0 saturated carbocycles. The van der Waals surface area contributed by atoms with E-state index < -0.39 is 34.8 Å². The summed E-state index contributed by atoms with van der Waals surface area (Å²) in [6.07, 6.45) is 0. The van der Waals surface area contributed by atoms with Gasteiger partial charge in [0.15, 0.2) is 43.8 Å². The molecule has 158 valence electrons. The van der Waals surface area contributed by atoms with E-state index in [9.17, 15) is 27.1 Å². The van der Waals surface area contributed by atoms with Crippen molar-refractivity contribution in [3.63, 3.8) is 0 Å². The molecule has 0 N–H and O–H groups in total. The van der Waals surface area contributed by atoms with Gasteiger partial charge in [0.05, 0.1) is 10.9 Å². The fourth-order valence-corrected chi connectivity index (χ4v) is 4.77. The van der Waals surface area contributed by atoms with Gasteiger partial charge in [-0.2, -0.15) is 0 Å². The average molecular weight is 446 g/mol. The van der Waals surface area contributed by atoms with Gasteiger partial charge in [-0.1, -0.05) is 54.6 Å². The topological polar surface area (TPSA) is 23.1 Å². The summed E-state index contributed by atoms with van der Waals surface area (Å²) in [5, 5.41) is 10.2. The molecule has 0 aliphatic rings. The van der Waals surface area contributed by atoms with Gasteiger partial charge < -0.3 is 5.11 Å². The maximum Gasteiger partial charge on any atom is 0.200 e. The first-order valence-corrected chi connectivity index (χ1v) is 10.2. The molecule has 7 heteroatoms. The molecule has 0 spiro atoms. The Balaban J connectivity index is 0.000000196. The largest absolute Gasteiger partial charge is 0.868 e. The molecular formula is C24H15F5OS. The minimum absolute atomic E-state index is 0.0146. The number of benzene rings is 4. The van der Waals surface area contributed by atoms with Gasteiger partial charge in [-0.25, -0.2) is 22.0 Å². The minimum atomic E-state index is -2.33. The Hall–Kier alpha value is -3.32. The van der Waals surface area contributed by atoms with Gasteiger partial charge in [0, 0.05) is 0 Å². The Morgan fingerprint density at radius 3 is 0.968 bits per heavy atom. The van der Waals surface area contributed by atoms with Crippen molar-refractivity contribution in [2.24, 2.45) is 0 Å². The third-order valence-electron chi connectivity index (χ3n) is 4.11. The van der Waals surface area contributed by atoms with Crippen LogP contribution in [0.25, 0.3) is 0 Å². The summed E-state index contributed by atoms with van der Waals surface area (Å²) in [5.41, 5.74) is 0. The molecule has 0 aromatic heterocycles. The summed E-state index contributed by atoms with van der Waals surface area (Å²) in [5.74, 6) is -13.6. The van der Waals surface area contributed by atoms with Gasteiger partial charge in [0.2, 0.25) is 0 Å². The minimum Gasteiger partial charge on any atom is -0.868 e. The Morgan fingerprint density at radius 2 is 0.677 bits per heavy atom. The molecule has 0 radical (unpaired) electrons. The van der Waals surface area contributed by atoms with E-state index in [0.29, 0.717) is 0 Å². The maximum atomic E-state index is 12.1. The maximum absolute atomic E-state index is 12.1. The van der Waals surface area contributed by atoms with Crippen LogP contribution in [0.3, 0.4) is 0 Å². The lowest BCUT2D eigenvalue weighted by Gasteiger charge is -2.09. The van der Waals surface area contributed by atoms with Crippen LogP contribution < -0.4 is 5.11 Å². The molecule has 1 nitrogen and oxygen atoms in total. The van der Waals surface area contributed by atoms with Gasteiger partial charge in [-0.15, -0.1) is 0 Å². The Labute approximate surface area is 178 Å². The second-order valence-corrected chi connectivity index (χ2v) is 8.17. The monoisotopic (exact) mass is 446 g/mol. The van der Waals surface area contributed by atoms with E-state index in [1.807, 2.05) is 0 Å². The van der Waals surface area contributed by atoms with E-state index >= 15 is 0 Å². The zero-order valence-electron chi connectivity index (χ0n) is 15.9. The molecule has 0 atom stereocenters. The summed E-state index contributed by atoms with van der Waals surface area (Å²) < 4.78 is 60.4. The van der Waals surface area contributed by atoms with E-state index in [2.05, 4.69) is 91.0 Å². The van der Waals surface area contributed by atoms with E-state index in [0.717, 1.165) is 0 Å². The standard InChI is InChI=1S/C18H15S.C6HF5O/c1-4-10-16(11-5-1)19(17-12-6-2-7-13-17)18-14-8-3-9-15-18;7-1-2(8)4(10)6(12)5(11)3(1)9/h1-15H;12H/q+1;/p-1. The highest BCUT2D eigenvalue weighted by atomic mass is 32.2. The fourth-order valence-electron chi connectivity index (χ4n) is 2.66. The second kappa shape index (κ2) is 10.1. The van der Waals surface area contributed by atoms with Crippen LogP contribution in [0.5, 0.6) is 5.75 Å². The van der Waals surface area contributed by atoms with Crippen LogP contribution >= 0.6 is 0 Å². The lowest BCUT2D eigenvalue weighted by molar-refractivity contribution is -0.277. The second-order valence-electron chi connectivity index (χ2n) is 6.14. The third-order valence-corrected chi connectivity index (χ3v) is 6.34. The molecule has 4 aromatic rings. The van der Waals surface area contributed by atoms with Crippen LogP contribution in [0.1, 0.15) is 0 Å². The van der Waals surface area contributed by atoms with E-state index in [1.165, 1.54) is 14.7 Å². The van der Waals surface area contributed by atoms with Crippen LogP contribution in [0.15, 0.2) is 106 Å². The van der Waals surface area contributed by atoms with Crippen molar-refractivity contribution in [2.45, 2.75) is 14.7 Å². The van der Waals surface area contributed by atoms with Gasteiger partial charge in [-0.3, -0.25) is 0 Å². The average Bonchev–Trinajstić information content (AvgIpc) is 2.83. The van der Waals surface area contributed by atoms with Gasteiger partial charge in [0.1, 0.15) is 0 Å². The Morgan fingerprint density at radius 1 is 0.419 bits per heavy atom. The van der Waals surface area contributed by atoms with E-state index in [1.54, 1.807) is 0 Å². The van der Waals surface area contributed by atoms with Crippen LogP contribution in [0.4, 0.5) is 22.0 Å². The molecule has 0 aliphatic carbocycles.